The summed E-state index contributed by atoms with van der Waals surface area (Å²) in [6.45, 7) is 12.6. The van der Waals surface area contributed by atoms with Crippen molar-refractivity contribution in [3.63, 3.8) is 0 Å². The highest BCUT2D eigenvalue weighted by Crippen LogP contribution is 2.46. The third-order valence-electron chi connectivity index (χ3n) is 10.0. The van der Waals surface area contributed by atoms with Gasteiger partial charge in [0, 0.05) is 35.4 Å². The average Bonchev–Trinajstić information content (AvgIpc) is 4.06. The molecule has 3 N–H and O–H groups in total. The van der Waals surface area contributed by atoms with Gasteiger partial charge in [0.25, 0.3) is 5.91 Å². The Hall–Kier alpha value is -5.24. The van der Waals surface area contributed by atoms with E-state index in [-0.39, 0.29) is 19.4 Å². The molecule has 1 aliphatic heterocycles. The van der Waals surface area contributed by atoms with E-state index in [9.17, 15) is 27.6 Å². The minimum absolute atomic E-state index is 0.0291. The number of methoxy groups -OCH3 is 1. The van der Waals surface area contributed by atoms with Crippen LogP contribution in [0.5, 0.6) is 11.5 Å². The molecule has 280 valence electrons. The highest BCUT2D eigenvalue weighted by atomic mass is 32.2. The van der Waals surface area contributed by atoms with Gasteiger partial charge in [0.1, 0.15) is 35.2 Å². The van der Waals surface area contributed by atoms with Crippen LogP contribution in [0.25, 0.3) is 22.2 Å². The van der Waals surface area contributed by atoms with Crippen LogP contribution in [0.1, 0.15) is 46.5 Å². The molecule has 3 aliphatic rings. The second-order valence-electron chi connectivity index (χ2n) is 14.9. The van der Waals surface area contributed by atoms with E-state index in [1.807, 2.05) is 42.5 Å². The van der Waals surface area contributed by atoms with Crippen LogP contribution in [0.4, 0.5) is 0 Å². The summed E-state index contributed by atoms with van der Waals surface area (Å²) in [5, 5.41) is 5.56. The molecule has 0 spiro atoms. The van der Waals surface area contributed by atoms with Crippen molar-refractivity contribution in [3.05, 3.63) is 79.9 Å². The topological polar surface area (TPSA) is 173 Å². The summed E-state index contributed by atoms with van der Waals surface area (Å²) >= 11 is 0. The zero-order valence-corrected chi connectivity index (χ0v) is 31.1. The molecule has 2 aliphatic carbocycles. The van der Waals surface area contributed by atoms with Gasteiger partial charge in [-0.3, -0.25) is 23.9 Å². The molecule has 0 unspecified atom stereocenters. The van der Waals surface area contributed by atoms with Crippen molar-refractivity contribution in [2.75, 3.05) is 13.7 Å². The normalized spacial score (nSPS) is 23.0. The Bertz CT molecular complexity index is 2080. The third-order valence-corrected chi connectivity index (χ3v) is 11.8. The molecule has 1 aromatic heterocycles. The van der Waals surface area contributed by atoms with Crippen LogP contribution >= 0.6 is 0 Å². The van der Waals surface area contributed by atoms with Crippen LogP contribution in [-0.2, 0) is 29.2 Å². The number of likely N-dealkylation sites (tertiary alicyclic amines) is 1. The molecule has 14 heteroatoms. The number of nitrogens with one attached hydrogen (secondary N) is 3. The zero-order valence-electron chi connectivity index (χ0n) is 30.3. The van der Waals surface area contributed by atoms with E-state index < -0.39 is 74.0 Å². The smallest absolute Gasteiger partial charge is 0.259 e. The van der Waals surface area contributed by atoms with Crippen LogP contribution in [0, 0.1) is 11.3 Å². The first kappa shape index (κ1) is 37.5. The van der Waals surface area contributed by atoms with Gasteiger partial charge in [-0.05, 0) is 42.9 Å². The van der Waals surface area contributed by atoms with Crippen molar-refractivity contribution < 1.29 is 37.1 Å². The maximum Gasteiger partial charge on any atom is 0.259 e. The van der Waals surface area contributed by atoms with E-state index in [2.05, 4.69) is 28.5 Å². The summed E-state index contributed by atoms with van der Waals surface area (Å²) < 4.78 is 39.7. The number of amides is 4. The fraction of sp³-hybridized carbons (Fsp3) is 0.410. The minimum atomic E-state index is -3.90. The lowest BCUT2D eigenvalue weighted by Gasteiger charge is -2.35. The van der Waals surface area contributed by atoms with Crippen molar-refractivity contribution in [2.45, 2.75) is 75.4 Å². The molecular formula is C39H45N5O8S. The standard InChI is InChI=1S/C39H45N5O8S/c1-7-24-21-39(24,37(48)43-53(49,50)27-15-16-27)42-35(46)31-19-26(22-44(31)36(47)34(38(3,4)5)41-33(45)8-2)52-32-20-29(23-12-10-9-11-13-23)40-30-18-25(51-6)14-17-28(30)32/h7-14,17-18,20,24,26-27,31,34H,1-2,15-16,19,21-22H2,3-6H3,(H,41,45)(H,42,46)(H,43,48)/t24-,26-,31+,34+,39-/m1/s1. The average molecular weight is 744 g/mol. The Morgan fingerprint density at radius 1 is 1.06 bits per heavy atom. The van der Waals surface area contributed by atoms with Gasteiger partial charge in [-0.15, -0.1) is 6.58 Å². The number of benzene rings is 2. The highest BCUT2D eigenvalue weighted by Gasteiger charge is 2.62. The Morgan fingerprint density at radius 3 is 2.38 bits per heavy atom. The van der Waals surface area contributed by atoms with Gasteiger partial charge in [-0.2, -0.15) is 0 Å². The SMILES string of the molecule is C=CC(=O)N[C@@H](C(=O)N1C[C@H](Oc2cc(-c3ccccc3)nc3cc(OC)ccc23)C[C@H]1C(=O)N[C@]1(C(=O)NS(=O)(=O)C2CC2)C[C@H]1C=C)C(C)(C)C. The van der Waals surface area contributed by atoms with Crippen molar-refractivity contribution in [1.29, 1.82) is 0 Å². The quantitative estimate of drug-likeness (QED) is 0.175. The number of nitrogens with zero attached hydrogens (tertiary/aromatic N) is 2. The summed E-state index contributed by atoms with van der Waals surface area (Å²) in [5.41, 5.74) is -0.232. The molecule has 4 amide bonds. The fourth-order valence-corrected chi connectivity index (χ4v) is 8.11. The van der Waals surface area contributed by atoms with E-state index in [0.717, 1.165) is 11.6 Å². The molecule has 0 radical (unpaired) electrons. The Balaban J connectivity index is 1.34. The lowest BCUT2D eigenvalue weighted by Crippen LogP contribution is -2.60. The van der Waals surface area contributed by atoms with Gasteiger partial charge in [0.15, 0.2) is 0 Å². The van der Waals surface area contributed by atoms with E-state index in [1.165, 1.54) is 11.0 Å². The molecule has 3 fully saturated rings. The molecule has 2 aromatic carbocycles. The number of hydrogen-bond acceptors (Lipinski definition) is 9. The predicted molar refractivity (Wildman–Crippen MR) is 199 cm³/mol. The van der Waals surface area contributed by atoms with Crippen molar-refractivity contribution in [2.24, 2.45) is 11.3 Å². The van der Waals surface area contributed by atoms with Gasteiger partial charge in [0.05, 0.1) is 30.1 Å². The first-order chi connectivity index (χ1) is 25.1. The van der Waals surface area contributed by atoms with Crippen LogP contribution in [-0.4, -0.2) is 84.6 Å². The summed E-state index contributed by atoms with van der Waals surface area (Å²) in [6, 6.07) is 14.6. The van der Waals surface area contributed by atoms with Crippen LogP contribution in [0.3, 0.4) is 0 Å². The lowest BCUT2D eigenvalue weighted by molar-refractivity contribution is -0.144. The van der Waals surface area contributed by atoms with E-state index >= 15 is 0 Å². The Morgan fingerprint density at radius 2 is 1.77 bits per heavy atom. The molecular weight excluding hydrogens is 699 g/mol. The second kappa shape index (κ2) is 14.3. The number of rotatable bonds is 13. The fourth-order valence-electron chi connectivity index (χ4n) is 6.75. The largest absolute Gasteiger partial charge is 0.497 e. The van der Waals surface area contributed by atoms with Crippen LogP contribution in [0.15, 0.2) is 79.9 Å². The summed E-state index contributed by atoms with van der Waals surface area (Å²) in [5.74, 6) is -2.04. The van der Waals surface area contributed by atoms with Crippen molar-refractivity contribution in [3.8, 4) is 22.8 Å². The zero-order chi connectivity index (χ0) is 38.3. The summed E-state index contributed by atoms with van der Waals surface area (Å²) in [6.07, 6.45) is 2.94. The molecule has 2 saturated carbocycles. The highest BCUT2D eigenvalue weighted by molar-refractivity contribution is 7.91. The number of pyridine rings is 1. The molecule has 5 atom stereocenters. The summed E-state index contributed by atoms with van der Waals surface area (Å²) in [7, 11) is -2.34. The number of carbonyl (C=O) groups excluding carboxylic acids is 4. The van der Waals surface area contributed by atoms with Crippen LogP contribution < -0.4 is 24.8 Å². The van der Waals surface area contributed by atoms with Crippen LogP contribution in [0.2, 0.25) is 0 Å². The van der Waals surface area contributed by atoms with Gasteiger partial charge in [-0.1, -0.05) is 63.8 Å². The number of hydrogen-bond donors (Lipinski definition) is 3. The first-order valence-electron chi connectivity index (χ1n) is 17.5. The molecule has 1 saturated heterocycles. The van der Waals surface area contributed by atoms with E-state index in [1.54, 1.807) is 40.0 Å². The number of ether oxygens (including phenoxy) is 2. The Kier molecular flexibility index (Phi) is 10.1. The second-order valence-corrected chi connectivity index (χ2v) is 16.9. The molecule has 3 aromatic rings. The lowest BCUT2D eigenvalue weighted by atomic mass is 9.85. The maximum absolute atomic E-state index is 14.4. The summed E-state index contributed by atoms with van der Waals surface area (Å²) in [4.78, 5) is 61.0. The van der Waals surface area contributed by atoms with Gasteiger partial charge in [-0.25, -0.2) is 13.4 Å². The third kappa shape index (κ3) is 7.78. The Labute approximate surface area is 309 Å². The first-order valence-corrected chi connectivity index (χ1v) is 19.1. The number of aromatic nitrogens is 1. The van der Waals surface area contributed by atoms with Crippen molar-refractivity contribution >= 4 is 44.6 Å². The molecule has 0 bridgehead atoms. The van der Waals surface area contributed by atoms with Gasteiger partial charge in [0.2, 0.25) is 27.7 Å². The number of carbonyl (C=O) groups is 4. The van der Waals surface area contributed by atoms with Gasteiger partial charge < -0.3 is 25.0 Å². The number of fused-ring (bicyclic) bond motifs is 1. The van der Waals surface area contributed by atoms with Crippen molar-refractivity contribution in [1.82, 2.24) is 25.2 Å². The molecule has 2 heterocycles. The van der Waals surface area contributed by atoms with Gasteiger partial charge >= 0.3 is 0 Å². The molecule has 6 rings (SSSR count). The van der Waals surface area contributed by atoms with E-state index in [4.69, 9.17) is 14.5 Å². The monoisotopic (exact) mass is 743 g/mol. The number of sulfonamides is 1. The molecule has 53 heavy (non-hydrogen) atoms. The molecule has 13 nitrogen and oxygen atoms in total. The minimum Gasteiger partial charge on any atom is -0.497 e. The maximum atomic E-state index is 14.4. The van der Waals surface area contributed by atoms with E-state index in [0.29, 0.717) is 40.9 Å². The predicted octanol–water partition coefficient (Wildman–Crippen LogP) is 3.64.